The number of nitrogens with zero attached hydrogens (tertiary/aromatic N) is 1. The van der Waals surface area contributed by atoms with Gasteiger partial charge in [-0.3, -0.25) is 4.79 Å². The average molecular weight is 459 g/mol. The van der Waals surface area contributed by atoms with Gasteiger partial charge < -0.3 is 9.64 Å². The summed E-state index contributed by atoms with van der Waals surface area (Å²) in [6.45, 7) is 12.5. The minimum absolute atomic E-state index is 0.0601. The van der Waals surface area contributed by atoms with Gasteiger partial charge >= 0.3 is 0 Å². The molecule has 2 aromatic carbocycles. The van der Waals surface area contributed by atoms with E-state index in [0.717, 1.165) is 24.2 Å². The number of ether oxygens (including phenoxy) is 1. The standard InChI is InChI=1S/C25H34N2O4S/c1-17-7-9-21(15-19(17)3)31-20-11-13-27(14-12-20)24(28)23-16-22(10-8-18(23)2)32(29,30)26-25(4,5)6/h7-10,15-16,20,26H,11-14H2,1-6H3. The largest absolute Gasteiger partial charge is 0.490 e. The van der Waals surface area contributed by atoms with E-state index in [4.69, 9.17) is 4.74 Å². The second-order valence-electron chi connectivity index (χ2n) is 9.69. The first-order valence-corrected chi connectivity index (χ1v) is 12.5. The molecule has 0 bridgehead atoms. The number of carbonyl (C=O) groups is 1. The van der Waals surface area contributed by atoms with Crippen molar-refractivity contribution in [1.82, 2.24) is 9.62 Å². The molecule has 1 fully saturated rings. The van der Waals surface area contributed by atoms with Crippen LogP contribution in [0.5, 0.6) is 5.75 Å². The van der Waals surface area contributed by atoms with Crippen LogP contribution in [-0.2, 0) is 10.0 Å². The first-order valence-electron chi connectivity index (χ1n) is 11.0. The summed E-state index contributed by atoms with van der Waals surface area (Å²) in [4.78, 5) is 15.1. The van der Waals surface area contributed by atoms with Crippen molar-refractivity contribution in [3.05, 3.63) is 58.7 Å². The maximum absolute atomic E-state index is 13.2. The molecule has 1 aliphatic heterocycles. The van der Waals surface area contributed by atoms with Crippen molar-refractivity contribution in [2.45, 2.75) is 70.9 Å². The van der Waals surface area contributed by atoms with Crippen molar-refractivity contribution in [3.8, 4) is 5.75 Å². The van der Waals surface area contributed by atoms with Crippen molar-refractivity contribution < 1.29 is 17.9 Å². The molecule has 2 aromatic rings. The fraction of sp³-hybridized carbons (Fsp3) is 0.480. The van der Waals surface area contributed by atoms with Gasteiger partial charge in [-0.05, 0) is 82.5 Å². The van der Waals surface area contributed by atoms with Crippen molar-refractivity contribution in [1.29, 1.82) is 0 Å². The first-order chi connectivity index (χ1) is 14.9. The highest BCUT2D eigenvalue weighted by Crippen LogP contribution is 2.24. The van der Waals surface area contributed by atoms with Gasteiger partial charge in [0.05, 0.1) is 4.90 Å². The Morgan fingerprint density at radius 3 is 2.19 bits per heavy atom. The highest BCUT2D eigenvalue weighted by atomic mass is 32.2. The normalized spacial score (nSPS) is 15.6. The number of carbonyl (C=O) groups excluding carboxylic acids is 1. The number of hydrogen-bond donors (Lipinski definition) is 1. The minimum Gasteiger partial charge on any atom is -0.490 e. The molecule has 174 valence electrons. The summed E-state index contributed by atoms with van der Waals surface area (Å²) in [5.74, 6) is 0.720. The summed E-state index contributed by atoms with van der Waals surface area (Å²) in [7, 11) is -3.71. The number of amides is 1. The maximum atomic E-state index is 13.2. The Hall–Kier alpha value is -2.38. The van der Waals surface area contributed by atoms with E-state index in [0.29, 0.717) is 18.7 Å². The van der Waals surface area contributed by atoms with Gasteiger partial charge in [0.25, 0.3) is 5.91 Å². The van der Waals surface area contributed by atoms with Gasteiger partial charge in [-0.2, -0.15) is 0 Å². The Balaban J connectivity index is 1.69. The van der Waals surface area contributed by atoms with E-state index < -0.39 is 15.6 Å². The molecule has 0 aliphatic carbocycles. The number of benzene rings is 2. The molecule has 0 unspecified atom stereocenters. The van der Waals surface area contributed by atoms with Crippen molar-refractivity contribution in [2.75, 3.05) is 13.1 Å². The smallest absolute Gasteiger partial charge is 0.254 e. The van der Waals surface area contributed by atoms with Crippen molar-refractivity contribution in [3.63, 3.8) is 0 Å². The van der Waals surface area contributed by atoms with Gasteiger partial charge in [0.1, 0.15) is 11.9 Å². The molecule has 0 atom stereocenters. The molecule has 0 saturated carbocycles. The van der Waals surface area contributed by atoms with E-state index >= 15 is 0 Å². The van der Waals surface area contributed by atoms with Crippen LogP contribution < -0.4 is 9.46 Å². The van der Waals surface area contributed by atoms with Crippen LogP contribution in [0.15, 0.2) is 41.3 Å². The van der Waals surface area contributed by atoms with Crippen LogP contribution in [0.3, 0.4) is 0 Å². The lowest BCUT2D eigenvalue weighted by molar-refractivity contribution is 0.0594. The molecule has 0 radical (unpaired) electrons. The third-order valence-corrected chi connectivity index (χ3v) is 7.46. The molecule has 0 aromatic heterocycles. The van der Waals surface area contributed by atoms with Crippen LogP contribution in [0.4, 0.5) is 0 Å². The van der Waals surface area contributed by atoms with Gasteiger partial charge in [0, 0.05) is 37.0 Å². The van der Waals surface area contributed by atoms with Crippen LogP contribution in [0.1, 0.15) is 60.7 Å². The van der Waals surface area contributed by atoms with E-state index in [1.807, 2.05) is 19.1 Å². The highest BCUT2D eigenvalue weighted by molar-refractivity contribution is 7.89. The van der Waals surface area contributed by atoms with Gasteiger partial charge in [0.2, 0.25) is 10.0 Å². The lowest BCUT2D eigenvalue weighted by Gasteiger charge is -2.32. The second kappa shape index (κ2) is 9.24. The van der Waals surface area contributed by atoms with E-state index in [2.05, 4.69) is 24.6 Å². The average Bonchev–Trinajstić information content (AvgIpc) is 2.69. The molecular formula is C25H34N2O4S. The number of nitrogens with one attached hydrogen (secondary N) is 1. The van der Waals surface area contributed by atoms with Crippen LogP contribution >= 0.6 is 0 Å². The molecule has 0 spiro atoms. The third kappa shape index (κ3) is 5.90. The summed E-state index contributed by atoms with van der Waals surface area (Å²) in [6.07, 6.45) is 1.53. The zero-order valence-electron chi connectivity index (χ0n) is 19.9. The summed E-state index contributed by atoms with van der Waals surface area (Å²) in [5.41, 5.74) is 3.01. The molecule has 6 nitrogen and oxygen atoms in total. The zero-order chi connectivity index (χ0) is 23.7. The Labute approximate surface area is 192 Å². The van der Waals surface area contributed by atoms with E-state index in [-0.39, 0.29) is 16.9 Å². The van der Waals surface area contributed by atoms with E-state index in [1.165, 1.54) is 17.2 Å². The Kier molecular flexibility index (Phi) is 7.00. The topological polar surface area (TPSA) is 75.7 Å². The third-order valence-electron chi connectivity index (χ3n) is 5.70. The van der Waals surface area contributed by atoms with Crippen molar-refractivity contribution in [2.24, 2.45) is 0 Å². The molecule has 1 amide bonds. The fourth-order valence-electron chi connectivity index (χ4n) is 3.79. The summed E-state index contributed by atoms with van der Waals surface area (Å²) in [5, 5.41) is 0. The van der Waals surface area contributed by atoms with Crippen LogP contribution in [-0.4, -0.2) is 44.0 Å². The van der Waals surface area contributed by atoms with E-state index in [9.17, 15) is 13.2 Å². The maximum Gasteiger partial charge on any atom is 0.254 e. The van der Waals surface area contributed by atoms with Crippen LogP contribution in [0, 0.1) is 20.8 Å². The molecule has 7 heteroatoms. The molecule has 1 N–H and O–H groups in total. The van der Waals surface area contributed by atoms with Gasteiger partial charge in [-0.1, -0.05) is 12.1 Å². The Bertz CT molecular complexity index is 1100. The number of piperidine rings is 1. The predicted octanol–water partition coefficient (Wildman–Crippen LogP) is 4.37. The number of likely N-dealkylation sites (tertiary alicyclic amines) is 1. The van der Waals surface area contributed by atoms with Crippen molar-refractivity contribution >= 4 is 15.9 Å². The lowest BCUT2D eigenvalue weighted by atomic mass is 10.0. The molecule has 1 heterocycles. The van der Waals surface area contributed by atoms with Gasteiger partial charge in [-0.25, -0.2) is 13.1 Å². The highest BCUT2D eigenvalue weighted by Gasteiger charge is 2.28. The zero-order valence-corrected chi connectivity index (χ0v) is 20.7. The number of aryl methyl sites for hydroxylation is 3. The predicted molar refractivity (Wildman–Crippen MR) is 127 cm³/mol. The monoisotopic (exact) mass is 458 g/mol. The quantitative estimate of drug-likeness (QED) is 0.722. The Morgan fingerprint density at radius 2 is 1.59 bits per heavy atom. The summed E-state index contributed by atoms with van der Waals surface area (Å²) in [6, 6.07) is 10.8. The minimum atomic E-state index is -3.71. The molecular weight excluding hydrogens is 424 g/mol. The fourth-order valence-corrected chi connectivity index (χ4v) is 5.23. The second-order valence-corrected chi connectivity index (χ2v) is 11.4. The molecule has 32 heavy (non-hydrogen) atoms. The summed E-state index contributed by atoms with van der Waals surface area (Å²) < 4.78 is 34.2. The van der Waals surface area contributed by atoms with Gasteiger partial charge in [-0.15, -0.1) is 0 Å². The SMILES string of the molecule is Cc1ccc(OC2CCN(C(=O)c3cc(S(=O)(=O)NC(C)(C)C)ccc3C)CC2)cc1C. The number of hydrogen-bond acceptors (Lipinski definition) is 4. The van der Waals surface area contributed by atoms with Crippen LogP contribution in [0.2, 0.25) is 0 Å². The summed E-state index contributed by atoms with van der Waals surface area (Å²) >= 11 is 0. The number of sulfonamides is 1. The first kappa shape index (κ1) is 24.3. The molecule has 3 rings (SSSR count). The Morgan fingerprint density at radius 1 is 0.969 bits per heavy atom. The van der Waals surface area contributed by atoms with E-state index in [1.54, 1.807) is 37.8 Å². The van der Waals surface area contributed by atoms with Gasteiger partial charge in [0.15, 0.2) is 0 Å². The number of rotatable bonds is 5. The molecule has 1 saturated heterocycles. The lowest BCUT2D eigenvalue weighted by Crippen LogP contribution is -2.42. The van der Waals surface area contributed by atoms with Crippen LogP contribution in [0.25, 0.3) is 0 Å². The molecule has 1 aliphatic rings.